The van der Waals surface area contributed by atoms with Crippen LogP contribution in [0.25, 0.3) is 0 Å². The quantitative estimate of drug-likeness (QED) is 0.411. The molecule has 0 aliphatic heterocycles. The van der Waals surface area contributed by atoms with E-state index in [9.17, 15) is 9.59 Å². The van der Waals surface area contributed by atoms with E-state index in [1.807, 2.05) is 30.3 Å². The van der Waals surface area contributed by atoms with Crippen LogP contribution in [0.15, 0.2) is 60.0 Å². The molecule has 34 heavy (non-hydrogen) atoms. The number of aromatic nitrogens is 1. The van der Waals surface area contributed by atoms with Gasteiger partial charge in [-0.15, -0.1) is 11.3 Å². The van der Waals surface area contributed by atoms with Crippen molar-refractivity contribution in [2.24, 2.45) is 0 Å². The zero-order valence-corrected chi connectivity index (χ0v) is 20.2. The van der Waals surface area contributed by atoms with Gasteiger partial charge in [-0.25, -0.2) is 9.78 Å². The summed E-state index contributed by atoms with van der Waals surface area (Å²) in [5, 5.41) is 12.1. The van der Waals surface area contributed by atoms with Gasteiger partial charge in [-0.2, -0.15) is 0 Å². The number of carbonyl (C=O) groups is 2. The van der Waals surface area contributed by atoms with Gasteiger partial charge in [0, 0.05) is 23.0 Å². The number of hydrogen-bond acceptors (Lipinski definition) is 5. The SMILES string of the molecule is O=C(NCc1ccccc1)N[C@H]1CCCC[C@H]1NC(=O)c1csc(COc2ccc(Cl)cc2)n1. The highest BCUT2D eigenvalue weighted by atomic mass is 35.5. The molecule has 7 nitrogen and oxygen atoms in total. The molecule has 0 saturated heterocycles. The highest BCUT2D eigenvalue weighted by Gasteiger charge is 2.28. The minimum atomic E-state index is -0.239. The van der Waals surface area contributed by atoms with E-state index >= 15 is 0 Å². The van der Waals surface area contributed by atoms with E-state index < -0.39 is 0 Å². The van der Waals surface area contributed by atoms with Crippen molar-refractivity contribution >= 4 is 34.9 Å². The van der Waals surface area contributed by atoms with E-state index in [1.165, 1.54) is 11.3 Å². The second-order valence-corrected chi connectivity index (χ2v) is 9.53. The summed E-state index contributed by atoms with van der Waals surface area (Å²) in [5.74, 6) is 0.449. The lowest BCUT2D eigenvalue weighted by Crippen LogP contribution is -2.55. The number of thiazole rings is 1. The molecule has 1 saturated carbocycles. The van der Waals surface area contributed by atoms with Crippen LogP contribution in [-0.4, -0.2) is 29.0 Å². The molecule has 0 radical (unpaired) electrons. The van der Waals surface area contributed by atoms with Crippen LogP contribution < -0.4 is 20.7 Å². The highest BCUT2D eigenvalue weighted by molar-refractivity contribution is 7.09. The molecule has 2 atom stereocenters. The summed E-state index contributed by atoms with van der Waals surface area (Å²) >= 11 is 7.26. The summed E-state index contributed by atoms with van der Waals surface area (Å²) in [6.07, 6.45) is 3.65. The van der Waals surface area contributed by atoms with E-state index in [4.69, 9.17) is 16.3 Å². The molecule has 1 fully saturated rings. The van der Waals surface area contributed by atoms with Crippen LogP contribution in [-0.2, 0) is 13.2 Å². The first-order valence-corrected chi connectivity index (χ1v) is 12.5. The van der Waals surface area contributed by atoms with Gasteiger partial charge >= 0.3 is 6.03 Å². The van der Waals surface area contributed by atoms with Gasteiger partial charge < -0.3 is 20.7 Å². The predicted octanol–water partition coefficient (Wildman–Crippen LogP) is 4.92. The summed E-state index contributed by atoms with van der Waals surface area (Å²) in [6.45, 7) is 0.727. The second-order valence-electron chi connectivity index (χ2n) is 8.15. The maximum atomic E-state index is 12.8. The monoisotopic (exact) mass is 498 g/mol. The van der Waals surface area contributed by atoms with Crippen LogP contribution in [0.1, 0.15) is 46.7 Å². The van der Waals surface area contributed by atoms with E-state index in [2.05, 4.69) is 20.9 Å². The van der Waals surface area contributed by atoms with E-state index in [0.29, 0.717) is 28.0 Å². The van der Waals surface area contributed by atoms with Gasteiger partial charge in [0.2, 0.25) is 0 Å². The first-order valence-electron chi connectivity index (χ1n) is 11.3. The third kappa shape index (κ3) is 6.95. The summed E-state index contributed by atoms with van der Waals surface area (Å²) in [6, 6.07) is 16.3. The van der Waals surface area contributed by atoms with Crippen molar-refractivity contribution in [2.45, 2.75) is 50.9 Å². The number of nitrogens with zero attached hydrogens (tertiary/aromatic N) is 1. The van der Waals surface area contributed by atoms with E-state index in [1.54, 1.807) is 29.6 Å². The fourth-order valence-electron chi connectivity index (χ4n) is 3.87. The molecule has 0 spiro atoms. The van der Waals surface area contributed by atoms with Gasteiger partial charge in [-0.1, -0.05) is 54.8 Å². The maximum Gasteiger partial charge on any atom is 0.315 e. The molecule has 2 aromatic carbocycles. The molecule has 1 heterocycles. The number of nitrogens with one attached hydrogen (secondary N) is 3. The fraction of sp³-hybridized carbons (Fsp3) is 0.320. The lowest BCUT2D eigenvalue weighted by atomic mass is 9.90. The van der Waals surface area contributed by atoms with Crippen molar-refractivity contribution in [3.05, 3.63) is 81.3 Å². The number of rotatable bonds is 8. The number of hydrogen-bond donors (Lipinski definition) is 3. The third-order valence-corrected chi connectivity index (χ3v) is 6.73. The van der Waals surface area contributed by atoms with Crippen LogP contribution in [0.2, 0.25) is 5.02 Å². The van der Waals surface area contributed by atoms with Gasteiger partial charge in [0.05, 0.1) is 6.04 Å². The van der Waals surface area contributed by atoms with Crippen molar-refractivity contribution in [1.82, 2.24) is 20.9 Å². The Hall–Kier alpha value is -3.10. The van der Waals surface area contributed by atoms with Crippen LogP contribution in [0, 0.1) is 0 Å². The van der Waals surface area contributed by atoms with E-state index in [-0.39, 0.29) is 30.6 Å². The van der Waals surface area contributed by atoms with Crippen LogP contribution in [0.5, 0.6) is 5.75 Å². The molecule has 1 aliphatic rings. The fourth-order valence-corrected chi connectivity index (χ4v) is 4.69. The molecular formula is C25H27ClN4O3S. The maximum absolute atomic E-state index is 12.8. The van der Waals surface area contributed by atoms with Gasteiger partial charge in [0.15, 0.2) is 0 Å². The highest BCUT2D eigenvalue weighted by Crippen LogP contribution is 2.21. The molecule has 1 aromatic heterocycles. The van der Waals surface area contributed by atoms with E-state index in [0.717, 1.165) is 31.2 Å². The van der Waals surface area contributed by atoms with Crippen molar-refractivity contribution in [1.29, 1.82) is 0 Å². The first kappa shape index (κ1) is 24.0. The lowest BCUT2D eigenvalue weighted by molar-refractivity contribution is 0.0911. The Morgan fingerprint density at radius 1 is 1.00 bits per heavy atom. The topological polar surface area (TPSA) is 92.4 Å². The summed E-state index contributed by atoms with van der Waals surface area (Å²) < 4.78 is 5.71. The summed E-state index contributed by atoms with van der Waals surface area (Å²) in [5.41, 5.74) is 1.39. The smallest absolute Gasteiger partial charge is 0.315 e. The number of halogens is 1. The van der Waals surface area contributed by atoms with Crippen molar-refractivity contribution in [2.75, 3.05) is 0 Å². The predicted molar refractivity (Wildman–Crippen MR) is 133 cm³/mol. The van der Waals surface area contributed by atoms with Crippen LogP contribution in [0.3, 0.4) is 0 Å². The zero-order valence-electron chi connectivity index (χ0n) is 18.6. The second kappa shape index (κ2) is 11.9. The Kier molecular flexibility index (Phi) is 8.38. The molecule has 3 aromatic rings. The van der Waals surface area contributed by atoms with Crippen LogP contribution in [0.4, 0.5) is 4.79 Å². The minimum Gasteiger partial charge on any atom is -0.486 e. The Bertz CT molecular complexity index is 1090. The molecule has 3 amide bonds. The number of amides is 3. The molecular weight excluding hydrogens is 472 g/mol. The molecule has 4 rings (SSSR count). The Morgan fingerprint density at radius 3 is 2.44 bits per heavy atom. The molecule has 0 bridgehead atoms. The van der Waals surface area contributed by atoms with Gasteiger partial charge in [0.25, 0.3) is 5.91 Å². The molecule has 3 N–H and O–H groups in total. The summed E-state index contributed by atoms with van der Waals surface area (Å²) in [7, 11) is 0. The minimum absolute atomic E-state index is 0.125. The molecule has 9 heteroatoms. The summed E-state index contributed by atoms with van der Waals surface area (Å²) in [4.78, 5) is 29.7. The number of urea groups is 1. The normalized spacial score (nSPS) is 17.6. The van der Waals surface area contributed by atoms with Crippen molar-refractivity contribution in [3.8, 4) is 5.75 Å². The first-order chi connectivity index (χ1) is 16.6. The van der Waals surface area contributed by atoms with Crippen LogP contribution >= 0.6 is 22.9 Å². The Balaban J connectivity index is 1.27. The molecule has 1 aliphatic carbocycles. The third-order valence-electron chi connectivity index (χ3n) is 5.66. The largest absolute Gasteiger partial charge is 0.486 e. The zero-order chi connectivity index (χ0) is 23.8. The number of ether oxygens (including phenoxy) is 1. The molecule has 178 valence electrons. The lowest BCUT2D eigenvalue weighted by Gasteiger charge is -2.32. The van der Waals surface area contributed by atoms with Gasteiger partial charge in [0.1, 0.15) is 23.1 Å². The van der Waals surface area contributed by atoms with Crippen molar-refractivity contribution < 1.29 is 14.3 Å². The van der Waals surface area contributed by atoms with Gasteiger partial charge in [-0.05, 0) is 42.7 Å². The number of benzene rings is 2. The average Bonchev–Trinajstić information content (AvgIpc) is 3.34. The molecule has 0 unspecified atom stereocenters. The van der Waals surface area contributed by atoms with Crippen molar-refractivity contribution in [3.63, 3.8) is 0 Å². The average molecular weight is 499 g/mol. The van der Waals surface area contributed by atoms with Gasteiger partial charge in [-0.3, -0.25) is 4.79 Å². The Labute approximate surface area is 207 Å². The Morgan fingerprint density at radius 2 is 1.71 bits per heavy atom. The number of carbonyl (C=O) groups excluding carboxylic acids is 2. The standard InChI is InChI=1S/C25H27ClN4O3S/c26-18-10-12-19(13-11-18)33-15-23-28-22(16-34-23)24(31)29-20-8-4-5-9-21(20)30-25(32)27-14-17-6-2-1-3-7-17/h1-3,6-7,10-13,16,20-21H,4-5,8-9,14-15H2,(H,29,31)(H2,27,30,32)/t20-,21+/m1/s1.